The molecule has 2 aromatic rings. The van der Waals surface area contributed by atoms with Crippen LogP contribution >= 0.6 is 23.2 Å². The smallest absolute Gasteiger partial charge is 0.325 e. The average Bonchev–Trinajstić information content (AvgIpc) is 2.86. The zero-order valence-electron chi connectivity index (χ0n) is 13.5. The van der Waals surface area contributed by atoms with E-state index in [4.69, 9.17) is 23.2 Å². The van der Waals surface area contributed by atoms with E-state index in [-0.39, 0.29) is 6.54 Å². The molecular formula is C18H15Cl2N3O3. The van der Waals surface area contributed by atoms with Crippen LogP contribution in [0.2, 0.25) is 10.0 Å². The van der Waals surface area contributed by atoms with E-state index in [0.717, 1.165) is 10.5 Å². The van der Waals surface area contributed by atoms with E-state index in [1.165, 1.54) is 6.07 Å². The van der Waals surface area contributed by atoms with Gasteiger partial charge in [-0.15, -0.1) is 0 Å². The lowest BCUT2D eigenvalue weighted by Gasteiger charge is -2.13. The maximum atomic E-state index is 12.4. The molecule has 134 valence electrons. The summed E-state index contributed by atoms with van der Waals surface area (Å²) >= 11 is 11.7. The van der Waals surface area contributed by atoms with E-state index in [1.807, 2.05) is 30.3 Å². The summed E-state index contributed by atoms with van der Waals surface area (Å²) in [7, 11) is 0. The van der Waals surface area contributed by atoms with Gasteiger partial charge in [-0.25, -0.2) is 4.79 Å². The fourth-order valence-corrected chi connectivity index (χ4v) is 2.93. The van der Waals surface area contributed by atoms with Crippen molar-refractivity contribution < 1.29 is 14.4 Å². The third kappa shape index (κ3) is 4.15. The van der Waals surface area contributed by atoms with Gasteiger partial charge in [0.1, 0.15) is 12.6 Å². The van der Waals surface area contributed by atoms with Gasteiger partial charge in [0.05, 0.1) is 10.0 Å². The second-order valence-corrected chi connectivity index (χ2v) is 6.61. The highest BCUT2D eigenvalue weighted by atomic mass is 35.5. The summed E-state index contributed by atoms with van der Waals surface area (Å²) in [5, 5.41) is 5.85. The molecule has 1 atom stereocenters. The predicted molar refractivity (Wildman–Crippen MR) is 99.3 cm³/mol. The lowest BCUT2D eigenvalue weighted by atomic mass is 10.1. The fourth-order valence-electron chi connectivity index (χ4n) is 2.63. The van der Waals surface area contributed by atoms with Crippen molar-refractivity contribution in [3.63, 3.8) is 0 Å². The maximum absolute atomic E-state index is 12.4. The molecule has 8 heteroatoms. The van der Waals surface area contributed by atoms with Gasteiger partial charge in [-0.2, -0.15) is 0 Å². The number of hydrogen-bond donors (Lipinski definition) is 2. The van der Waals surface area contributed by atoms with Gasteiger partial charge >= 0.3 is 6.03 Å². The number of carbonyl (C=O) groups is 3. The third-order valence-electron chi connectivity index (χ3n) is 3.89. The molecule has 0 radical (unpaired) electrons. The summed E-state index contributed by atoms with van der Waals surface area (Å²) in [6, 6.07) is 12.7. The summed E-state index contributed by atoms with van der Waals surface area (Å²) in [5.41, 5.74) is 1.35. The minimum atomic E-state index is -0.678. The number of nitrogens with one attached hydrogen (secondary N) is 2. The lowest BCUT2D eigenvalue weighted by molar-refractivity contribution is -0.130. The van der Waals surface area contributed by atoms with Crippen LogP contribution in [0.5, 0.6) is 0 Å². The number of carbonyl (C=O) groups excluding carboxylic acids is 3. The normalized spacial score (nSPS) is 16.5. The van der Waals surface area contributed by atoms with E-state index < -0.39 is 23.9 Å². The van der Waals surface area contributed by atoms with Crippen LogP contribution in [0.1, 0.15) is 5.56 Å². The van der Waals surface area contributed by atoms with Gasteiger partial charge in [-0.05, 0) is 23.8 Å². The van der Waals surface area contributed by atoms with Crippen LogP contribution in [-0.2, 0) is 16.0 Å². The third-order valence-corrected chi connectivity index (χ3v) is 4.63. The minimum Gasteiger partial charge on any atom is -0.325 e. The molecule has 0 saturated carbocycles. The van der Waals surface area contributed by atoms with Crippen LogP contribution in [-0.4, -0.2) is 35.3 Å². The van der Waals surface area contributed by atoms with Crippen LogP contribution < -0.4 is 10.6 Å². The van der Waals surface area contributed by atoms with E-state index in [2.05, 4.69) is 10.6 Å². The summed E-state index contributed by atoms with van der Waals surface area (Å²) in [4.78, 5) is 37.5. The molecule has 3 rings (SSSR count). The van der Waals surface area contributed by atoms with Gasteiger partial charge in [0, 0.05) is 12.1 Å². The summed E-state index contributed by atoms with van der Waals surface area (Å²) in [5.74, 6) is -0.935. The van der Waals surface area contributed by atoms with E-state index in [0.29, 0.717) is 22.2 Å². The maximum Gasteiger partial charge on any atom is 0.325 e. The highest BCUT2D eigenvalue weighted by Crippen LogP contribution is 2.25. The number of halogens is 2. The minimum absolute atomic E-state index is 0.294. The first-order valence-corrected chi connectivity index (χ1v) is 8.60. The van der Waals surface area contributed by atoms with E-state index in [9.17, 15) is 14.4 Å². The number of anilines is 1. The summed E-state index contributed by atoms with van der Waals surface area (Å²) in [6.45, 7) is -0.379. The molecule has 0 aliphatic carbocycles. The second-order valence-electron chi connectivity index (χ2n) is 5.79. The Morgan fingerprint density at radius 3 is 2.50 bits per heavy atom. The number of imide groups is 1. The van der Waals surface area contributed by atoms with Gasteiger partial charge in [0.2, 0.25) is 5.91 Å². The van der Waals surface area contributed by atoms with Crippen LogP contribution in [0, 0.1) is 0 Å². The first-order chi connectivity index (χ1) is 12.4. The predicted octanol–water partition coefficient (Wildman–Crippen LogP) is 3.10. The Hall–Kier alpha value is -2.57. The summed E-state index contributed by atoms with van der Waals surface area (Å²) < 4.78 is 0. The van der Waals surface area contributed by atoms with Gasteiger partial charge in [-0.3, -0.25) is 14.5 Å². The van der Waals surface area contributed by atoms with Crippen molar-refractivity contribution >= 4 is 46.7 Å². The monoisotopic (exact) mass is 391 g/mol. The molecule has 0 spiro atoms. The summed E-state index contributed by atoms with van der Waals surface area (Å²) in [6.07, 6.45) is 0.371. The van der Waals surface area contributed by atoms with Crippen molar-refractivity contribution in [1.29, 1.82) is 0 Å². The molecule has 1 aliphatic rings. The average molecular weight is 392 g/mol. The SMILES string of the molecule is O=C(CN1C(=O)NC(Cc2ccccc2)C1=O)Nc1ccc(Cl)c(Cl)c1. The van der Waals surface area contributed by atoms with E-state index in [1.54, 1.807) is 12.1 Å². The molecule has 4 amide bonds. The Kier molecular flexibility index (Phi) is 5.44. The zero-order chi connectivity index (χ0) is 18.7. The number of urea groups is 1. The molecule has 6 nitrogen and oxygen atoms in total. The van der Waals surface area contributed by atoms with Crippen LogP contribution in [0.3, 0.4) is 0 Å². The quantitative estimate of drug-likeness (QED) is 0.768. The van der Waals surface area contributed by atoms with Gasteiger partial charge < -0.3 is 10.6 Å². The first kappa shape index (κ1) is 18.2. The Morgan fingerprint density at radius 1 is 1.08 bits per heavy atom. The van der Waals surface area contributed by atoms with Crippen molar-refractivity contribution in [2.75, 3.05) is 11.9 Å². The Balaban J connectivity index is 1.61. The molecule has 1 saturated heterocycles. The fraction of sp³-hybridized carbons (Fsp3) is 0.167. The van der Waals surface area contributed by atoms with Crippen molar-refractivity contribution in [1.82, 2.24) is 10.2 Å². The largest absolute Gasteiger partial charge is 0.325 e. The molecule has 0 bridgehead atoms. The molecule has 0 aromatic heterocycles. The number of hydrogen-bond acceptors (Lipinski definition) is 3. The molecule has 2 N–H and O–H groups in total. The Bertz CT molecular complexity index is 858. The lowest BCUT2D eigenvalue weighted by Crippen LogP contribution is -2.38. The number of amides is 4. The van der Waals surface area contributed by atoms with Crippen molar-refractivity contribution in [3.05, 3.63) is 64.1 Å². The van der Waals surface area contributed by atoms with Gasteiger partial charge in [0.15, 0.2) is 0 Å². The van der Waals surface area contributed by atoms with Crippen molar-refractivity contribution in [3.8, 4) is 0 Å². The molecule has 26 heavy (non-hydrogen) atoms. The molecular weight excluding hydrogens is 377 g/mol. The van der Waals surface area contributed by atoms with Crippen molar-refractivity contribution in [2.24, 2.45) is 0 Å². The standard InChI is InChI=1S/C18H15Cl2N3O3/c19-13-7-6-12(9-14(13)20)21-16(24)10-23-17(25)15(22-18(23)26)8-11-4-2-1-3-5-11/h1-7,9,15H,8,10H2,(H,21,24)(H,22,26). The first-order valence-electron chi connectivity index (χ1n) is 7.85. The van der Waals surface area contributed by atoms with Crippen LogP contribution in [0.15, 0.2) is 48.5 Å². The molecule has 1 fully saturated rings. The second kappa shape index (κ2) is 7.76. The zero-order valence-corrected chi connectivity index (χ0v) is 15.1. The highest BCUT2D eigenvalue weighted by Gasteiger charge is 2.38. The Labute approximate surface area is 160 Å². The molecule has 1 heterocycles. The molecule has 1 unspecified atom stereocenters. The van der Waals surface area contributed by atoms with E-state index >= 15 is 0 Å². The highest BCUT2D eigenvalue weighted by molar-refractivity contribution is 6.42. The van der Waals surface area contributed by atoms with Crippen molar-refractivity contribution in [2.45, 2.75) is 12.5 Å². The van der Waals surface area contributed by atoms with Crippen LogP contribution in [0.4, 0.5) is 10.5 Å². The van der Waals surface area contributed by atoms with Crippen LogP contribution in [0.25, 0.3) is 0 Å². The van der Waals surface area contributed by atoms with Gasteiger partial charge in [-0.1, -0.05) is 53.5 Å². The topological polar surface area (TPSA) is 78.5 Å². The van der Waals surface area contributed by atoms with Gasteiger partial charge in [0.25, 0.3) is 5.91 Å². The number of nitrogens with zero attached hydrogens (tertiary/aromatic N) is 1. The Morgan fingerprint density at radius 2 is 1.81 bits per heavy atom. The molecule has 2 aromatic carbocycles. The number of rotatable bonds is 5. The molecule has 1 aliphatic heterocycles. The number of benzene rings is 2.